The molecule has 4 heteroatoms. The third-order valence-electron chi connectivity index (χ3n) is 3.55. The molecule has 1 atom stereocenters. The molecule has 22 heavy (non-hydrogen) atoms. The zero-order valence-electron chi connectivity index (χ0n) is 11.6. The Morgan fingerprint density at radius 1 is 1.00 bits per heavy atom. The second-order valence-electron chi connectivity index (χ2n) is 5.03. The van der Waals surface area contributed by atoms with Gasteiger partial charge in [-0.15, -0.1) is 11.3 Å². The van der Waals surface area contributed by atoms with Crippen LogP contribution in [0.2, 0.25) is 0 Å². The molecule has 0 saturated heterocycles. The van der Waals surface area contributed by atoms with Gasteiger partial charge in [-0.05, 0) is 17.7 Å². The predicted molar refractivity (Wildman–Crippen MR) is 87.8 cm³/mol. The number of fused-ring (bicyclic) bond motifs is 1. The van der Waals surface area contributed by atoms with Crippen LogP contribution in [0.1, 0.15) is 16.7 Å². The van der Waals surface area contributed by atoms with E-state index in [1.165, 1.54) is 11.3 Å². The Hall–Kier alpha value is -2.43. The number of nitrogens with zero attached hydrogens (tertiary/aromatic N) is 1. The van der Waals surface area contributed by atoms with Gasteiger partial charge in [0.15, 0.2) is 5.76 Å². The fourth-order valence-corrected chi connectivity index (χ4v) is 3.23. The van der Waals surface area contributed by atoms with E-state index in [0.717, 1.165) is 28.0 Å². The van der Waals surface area contributed by atoms with Gasteiger partial charge in [0.25, 0.3) is 0 Å². The van der Waals surface area contributed by atoms with Crippen LogP contribution in [0.15, 0.2) is 70.5 Å². The molecule has 0 amide bonds. The summed E-state index contributed by atoms with van der Waals surface area (Å²) in [6.07, 6.45) is -0.704. The number of aliphatic hydroxyl groups excluding tert-OH is 1. The van der Waals surface area contributed by atoms with Crippen LogP contribution in [-0.2, 0) is 0 Å². The van der Waals surface area contributed by atoms with Gasteiger partial charge in [-0.1, -0.05) is 48.5 Å². The Labute approximate surface area is 131 Å². The quantitative estimate of drug-likeness (QED) is 0.600. The highest BCUT2D eigenvalue weighted by Crippen LogP contribution is 2.32. The average Bonchev–Trinajstić information content (AvgIpc) is 3.21. The Balaban J connectivity index is 1.69. The Morgan fingerprint density at radius 3 is 2.59 bits per heavy atom. The molecule has 0 fully saturated rings. The summed E-state index contributed by atoms with van der Waals surface area (Å²) in [5.74, 6) is 0.726. The number of aliphatic hydroxyl groups is 1. The summed E-state index contributed by atoms with van der Waals surface area (Å²) in [5, 5.41) is 14.0. The van der Waals surface area contributed by atoms with Gasteiger partial charge in [-0.2, -0.15) is 0 Å². The second kappa shape index (κ2) is 5.40. The summed E-state index contributed by atoms with van der Waals surface area (Å²) < 4.78 is 5.82. The third-order valence-corrected chi connectivity index (χ3v) is 4.45. The molecule has 4 aromatic rings. The first kappa shape index (κ1) is 13.2. The fourth-order valence-electron chi connectivity index (χ4n) is 2.41. The molecule has 0 aliphatic heterocycles. The van der Waals surface area contributed by atoms with Crippen LogP contribution in [0.5, 0.6) is 0 Å². The highest BCUT2D eigenvalue weighted by molar-refractivity contribution is 7.10. The molecule has 0 spiro atoms. The number of para-hydroxylation sites is 1. The number of thiazole rings is 1. The van der Waals surface area contributed by atoms with Crippen molar-refractivity contribution in [1.82, 2.24) is 4.98 Å². The van der Waals surface area contributed by atoms with Crippen molar-refractivity contribution >= 4 is 22.3 Å². The first-order chi connectivity index (χ1) is 10.8. The van der Waals surface area contributed by atoms with Crippen molar-refractivity contribution in [3.05, 3.63) is 76.6 Å². The van der Waals surface area contributed by atoms with E-state index in [0.29, 0.717) is 5.01 Å². The average molecular weight is 307 g/mol. The molecule has 1 unspecified atom stereocenters. The summed E-state index contributed by atoms with van der Waals surface area (Å²) in [6, 6.07) is 19.4. The van der Waals surface area contributed by atoms with Gasteiger partial charge in [0.1, 0.15) is 22.4 Å². The minimum absolute atomic E-state index is 0.668. The van der Waals surface area contributed by atoms with E-state index in [9.17, 15) is 5.11 Å². The van der Waals surface area contributed by atoms with Crippen LogP contribution in [-0.4, -0.2) is 10.1 Å². The van der Waals surface area contributed by atoms with Gasteiger partial charge in [0.05, 0.1) is 0 Å². The van der Waals surface area contributed by atoms with Crippen LogP contribution in [0.25, 0.3) is 22.4 Å². The van der Waals surface area contributed by atoms with Gasteiger partial charge < -0.3 is 9.52 Å². The highest BCUT2D eigenvalue weighted by Gasteiger charge is 2.16. The monoisotopic (exact) mass is 307 g/mol. The van der Waals surface area contributed by atoms with E-state index in [4.69, 9.17) is 4.42 Å². The maximum Gasteiger partial charge on any atom is 0.154 e. The molecule has 2 heterocycles. The number of benzene rings is 2. The van der Waals surface area contributed by atoms with E-state index in [1.54, 1.807) is 0 Å². The molecule has 0 aliphatic rings. The largest absolute Gasteiger partial charge is 0.454 e. The number of hydrogen-bond acceptors (Lipinski definition) is 4. The molecule has 0 saturated carbocycles. The van der Waals surface area contributed by atoms with E-state index < -0.39 is 6.10 Å². The Kier molecular flexibility index (Phi) is 3.25. The van der Waals surface area contributed by atoms with E-state index in [1.807, 2.05) is 66.0 Å². The zero-order valence-corrected chi connectivity index (χ0v) is 12.5. The van der Waals surface area contributed by atoms with Crippen molar-refractivity contribution < 1.29 is 9.52 Å². The first-order valence-electron chi connectivity index (χ1n) is 6.98. The molecule has 0 aliphatic carbocycles. The smallest absolute Gasteiger partial charge is 0.154 e. The standard InChI is InChI=1S/C18H13NO2S/c20-17(12-6-2-1-3-7-12)18-19-14(11-22-18)16-10-13-8-4-5-9-15(13)21-16/h1-11,17,20H. The van der Waals surface area contributed by atoms with Crippen LogP contribution >= 0.6 is 11.3 Å². The van der Waals surface area contributed by atoms with Crippen molar-refractivity contribution in [2.45, 2.75) is 6.10 Å². The summed E-state index contributed by atoms with van der Waals surface area (Å²) in [7, 11) is 0. The van der Waals surface area contributed by atoms with E-state index in [2.05, 4.69) is 4.98 Å². The second-order valence-corrected chi connectivity index (χ2v) is 5.92. The van der Waals surface area contributed by atoms with Crippen LogP contribution < -0.4 is 0 Å². The predicted octanol–water partition coefficient (Wildman–Crippen LogP) is 4.64. The number of hydrogen-bond donors (Lipinski definition) is 1. The lowest BCUT2D eigenvalue weighted by atomic mass is 10.1. The molecule has 108 valence electrons. The van der Waals surface area contributed by atoms with Gasteiger partial charge >= 0.3 is 0 Å². The van der Waals surface area contributed by atoms with Gasteiger partial charge in [0.2, 0.25) is 0 Å². The lowest BCUT2D eigenvalue weighted by Gasteiger charge is -2.06. The molecule has 2 aromatic carbocycles. The third kappa shape index (κ3) is 2.32. The van der Waals surface area contributed by atoms with E-state index >= 15 is 0 Å². The molecule has 0 bridgehead atoms. The fraction of sp³-hybridized carbons (Fsp3) is 0.0556. The van der Waals surface area contributed by atoms with Crippen molar-refractivity contribution in [3.8, 4) is 11.5 Å². The minimum atomic E-state index is -0.704. The topological polar surface area (TPSA) is 46.3 Å². The van der Waals surface area contributed by atoms with Crippen molar-refractivity contribution in [2.24, 2.45) is 0 Å². The lowest BCUT2D eigenvalue weighted by molar-refractivity contribution is 0.220. The molecule has 4 rings (SSSR count). The summed E-state index contributed by atoms with van der Waals surface area (Å²) in [5.41, 5.74) is 2.44. The number of aromatic nitrogens is 1. The van der Waals surface area contributed by atoms with E-state index in [-0.39, 0.29) is 0 Å². The maximum absolute atomic E-state index is 10.4. The van der Waals surface area contributed by atoms with Crippen LogP contribution in [0, 0.1) is 0 Å². The van der Waals surface area contributed by atoms with Crippen LogP contribution in [0.4, 0.5) is 0 Å². The SMILES string of the molecule is OC(c1ccccc1)c1nc(-c2cc3ccccc3o2)cs1. The minimum Gasteiger partial charge on any atom is -0.454 e. The molecule has 0 radical (unpaired) electrons. The van der Waals surface area contributed by atoms with Crippen molar-refractivity contribution in [3.63, 3.8) is 0 Å². The molecular formula is C18H13NO2S. The molecule has 3 nitrogen and oxygen atoms in total. The molecule has 2 aromatic heterocycles. The normalized spacial score (nSPS) is 12.6. The lowest BCUT2D eigenvalue weighted by Crippen LogP contribution is -1.98. The highest BCUT2D eigenvalue weighted by atomic mass is 32.1. The van der Waals surface area contributed by atoms with Gasteiger partial charge in [0, 0.05) is 10.8 Å². The van der Waals surface area contributed by atoms with Crippen molar-refractivity contribution in [1.29, 1.82) is 0 Å². The molecule has 1 N–H and O–H groups in total. The van der Waals surface area contributed by atoms with Crippen LogP contribution in [0.3, 0.4) is 0 Å². The summed E-state index contributed by atoms with van der Waals surface area (Å²) in [4.78, 5) is 4.53. The van der Waals surface area contributed by atoms with Gasteiger partial charge in [-0.25, -0.2) is 4.98 Å². The zero-order chi connectivity index (χ0) is 14.9. The number of furan rings is 1. The Bertz CT molecular complexity index is 878. The number of rotatable bonds is 3. The summed E-state index contributed by atoms with van der Waals surface area (Å²) in [6.45, 7) is 0. The first-order valence-corrected chi connectivity index (χ1v) is 7.86. The maximum atomic E-state index is 10.4. The molecular weight excluding hydrogens is 294 g/mol. The van der Waals surface area contributed by atoms with Crippen molar-refractivity contribution in [2.75, 3.05) is 0 Å². The summed E-state index contributed by atoms with van der Waals surface area (Å²) >= 11 is 1.44. The van der Waals surface area contributed by atoms with Gasteiger partial charge in [-0.3, -0.25) is 0 Å². The Morgan fingerprint density at radius 2 is 1.77 bits per heavy atom.